The molecule has 0 amide bonds. The fourth-order valence-electron chi connectivity index (χ4n) is 2.01. The van der Waals surface area contributed by atoms with Crippen molar-refractivity contribution in [3.63, 3.8) is 0 Å². The van der Waals surface area contributed by atoms with Crippen LogP contribution in [0.15, 0.2) is 0 Å². The lowest BCUT2D eigenvalue weighted by Gasteiger charge is -2.34. The molecule has 0 atom stereocenters. The number of nitrogens with two attached hydrogens (primary N) is 1. The van der Waals surface area contributed by atoms with Crippen molar-refractivity contribution in [3.8, 4) is 0 Å². The highest BCUT2D eigenvalue weighted by molar-refractivity contribution is 5.85. The van der Waals surface area contributed by atoms with Crippen LogP contribution in [0.25, 0.3) is 0 Å². The Morgan fingerprint density at radius 1 is 1.50 bits per heavy atom. The van der Waals surface area contributed by atoms with Crippen LogP contribution in [0, 0.1) is 5.92 Å². The molecule has 0 unspecified atom stereocenters. The summed E-state index contributed by atoms with van der Waals surface area (Å²) in [5, 5.41) is 0. The van der Waals surface area contributed by atoms with Crippen molar-refractivity contribution < 1.29 is 9.53 Å². The van der Waals surface area contributed by atoms with E-state index in [0.29, 0.717) is 0 Å². The molecular formula is C10H20ClNO2. The van der Waals surface area contributed by atoms with E-state index >= 15 is 0 Å². The van der Waals surface area contributed by atoms with Crippen LogP contribution in [-0.4, -0.2) is 18.6 Å². The van der Waals surface area contributed by atoms with Crippen LogP contribution >= 0.6 is 12.4 Å². The number of carbonyl (C=O) groups is 1. The van der Waals surface area contributed by atoms with E-state index in [4.69, 9.17) is 10.5 Å². The normalized spacial score (nSPS) is 31.8. The second-order valence-electron chi connectivity index (χ2n) is 4.00. The summed E-state index contributed by atoms with van der Waals surface area (Å²) < 4.78 is 4.70. The molecule has 1 saturated carbocycles. The van der Waals surface area contributed by atoms with Crippen molar-refractivity contribution in [3.05, 3.63) is 0 Å². The number of halogens is 1. The summed E-state index contributed by atoms with van der Waals surface area (Å²) in [6.07, 6.45) is 4.86. The molecular weight excluding hydrogens is 202 g/mol. The lowest BCUT2D eigenvalue weighted by atomic mass is 9.76. The molecule has 3 nitrogen and oxygen atoms in total. The van der Waals surface area contributed by atoms with E-state index in [-0.39, 0.29) is 18.4 Å². The second-order valence-corrected chi connectivity index (χ2v) is 4.00. The fraction of sp³-hybridized carbons (Fsp3) is 0.900. The van der Waals surface area contributed by atoms with Crippen LogP contribution in [-0.2, 0) is 9.53 Å². The topological polar surface area (TPSA) is 52.3 Å². The Bertz CT molecular complexity index is 189. The standard InChI is InChI=1S/C10H19NO2.ClH/c1-3-8-4-6-10(11,7-5-8)9(12)13-2;/h8H,3-7,11H2,1-2H3;1H. The minimum absolute atomic E-state index is 0. The molecule has 0 aromatic carbocycles. The predicted molar refractivity (Wildman–Crippen MR) is 58.4 cm³/mol. The van der Waals surface area contributed by atoms with E-state index in [0.717, 1.165) is 31.6 Å². The summed E-state index contributed by atoms with van der Waals surface area (Å²) in [7, 11) is 1.41. The zero-order valence-corrected chi connectivity index (χ0v) is 9.73. The van der Waals surface area contributed by atoms with Crippen LogP contribution in [0.4, 0.5) is 0 Å². The van der Waals surface area contributed by atoms with Gasteiger partial charge in [-0.2, -0.15) is 0 Å². The van der Waals surface area contributed by atoms with Gasteiger partial charge in [-0.25, -0.2) is 0 Å². The number of esters is 1. The zero-order chi connectivity index (χ0) is 9.90. The molecule has 1 aliphatic carbocycles. The van der Waals surface area contributed by atoms with Gasteiger partial charge in [-0.1, -0.05) is 13.3 Å². The molecule has 14 heavy (non-hydrogen) atoms. The van der Waals surface area contributed by atoms with Gasteiger partial charge in [0.05, 0.1) is 7.11 Å². The molecule has 0 heterocycles. The van der Waals surface area contributed by atoms with Crippen LogP contribution in [0.3, 0.4) is 0 Å². The predicted octanol–water partition coefficient (Wildman–Crippen LogP) is 1.88. The second kappa shape index (κ2) is 5.56. The Morgan fingerprint density at radius 3 is 2.36 bits per heavy atom. The minimum atomic E-state index is -0.694. The van der Waals surface area contributed by atoms with Gasteiger partial charge >= 0.3 is 5.97 Å². The molecule has 0 aliphatic heterocycles. The first-order valence-corrected chi connectivity index (χ1v) is 4.99. The highest BCUT2D eigenvalue weighted by Gasteiger charge is 2.38. The van der Waals surface area contributed by atoms with E-state index in [1.165, 1.54) is 13.5 Å². The first kappa shape index (κ1) is 13.7. The van der Waals surface area contributed by atoms with Gasteiger partial charge in [0, 0.05) is 0 Å². The highest BCUT2D eigenvalue weighted by Crippen LogP contribution is 2.32. The average Bonchev–Trinajstić information content (AvgIpc) is 2.18. The molecule has 0 radical (unpaired) electrons. The van der Waals surface area contributed by atoms with Gasteiger partial charge in [-0.3, -0.25) is 4.79 Å². The van der Waals surface area contributed by atoms with Crippen LogP contribution in [0.1, 0.15) is 39.0 Å². The first-order chi connectivity index (χ1) is 6.12. The first-order valence-electron chi connectivity index (χ1n) is 4.99. The Balaban J connectivity index is 0.00000169. The van der Waals surface area contributed by atoms with Gasteiger partial charge in [-0.05, 0) is 31.6 Å². The number of carbonyl (C=O) groups excluding carboxylic acids is 1. The van der Waals surface area contributed by atoms with E-state index < -0.39 is 5.54 Å². The summed E-state index contributed by atoms with van der Waals surface area (Å²) in [6.45, 7) is 2.19. The van der Waals surface area contributed by atoms with Gasteiger partial charge in [0.15, 0.2) is 0 Å². The van der Waals surface area contributed by atoms with E-state index in [1.807, 2.05) is 0 Å². The molecule has 1 rings (SSSR count). The molecule has 0 aromatic rings. The van der Waals surface area contributed by atoms with Crippen molar-refractivity contribution in [1.29, 1.82) is 0 Å². The molecule has 4 heteroatoms. The van der Waals surface area contributed by atoms with E-state index in [1.54, 1.807) is 0 Å². The maximum absolute atomic E-state index is 11.3. The van der Waals surface area contributed by atoms with Crippen molar-refractivity contribution in [2.75, 3.05) is 7.11 Å². The van der Waals surface area contributed by atoms with Crippen molar-refractivity contribution in [2.45, 2.75) is 44.6 Å². The Kier molecular flexibility index (Phi) is 5.45. The molecule has 2 N–H and O–H groups in total. The van der Waals surface area contributed by atoms with Crippen molar-refractivity contribution in [2.24, 2.45) is 11.7 Å². The quantitative estimate of drug-likeness (QED) is 0.725. The monoisotopic (exact) mass is 221 g/mol. The van der Waals surface area contributed by atoms with Gasteiger partial charge in [0.2, 0.25) is 0 Å². The third-order valence-electron chi connectivity index (χ3n) is 3.17. The Labute approximate surface area is 91.8 Å². The Hall–Kier alpha value is -0.280. The smallest absolute Gasteiger partial charge is 0.325 e. The van der Waals surface area contributed by atoms with Crippen molar-refractivity contribution in [1.82, 2.24) is 0 Å². The van der Waals surface area contributed by atoms with Gasteiger partial charge in [0.1, 0.15) is 5.54 Å². The zero-order valence-electron chi connectivity index (χ0n) is 8.91. The Morgan fingerprint density at radius 2 is 2.00 bits per heavy atom. The van der Waals surface area contributed by atoms with Crippen LogP contribution in [0.2, 0.25) is 0 Å². The molecule has 1 fully saturated rings. The average molecular weight is 222 g/mol. The molecule has 0 saturated heterocycles. The number of rotatable bonds is 2. The number of ether oxygens (including phenoxy) is 1. The molecule has 84 valence electrons. The number of methoxy groups -OCH3 is 1. The summed E-state index contributed by atoms with van der Waals surface area (Å²) >= 11 is 0. The third kappa shape index (κ3) is 2.85. The van der Waals surface area contributed by atoms with Gasteiger partial charge in [0.25, 0.3) is 0 Å². The molecule has 0 bridgehead atoms. The number of hydrogen-bond donors (Lipinski definition) is 1. The van der Waals surface area contributed by atoms with Crippen molar-refractivity contribution >= 4 is 18.4 Å². The summed E-state index contributed by atoms with van der Waals surface area (Å²) in [5.41, 5.74) is 5.26. The molecule has 0 spiro atoms. The summed E-state index contributed by atoms with van der Waals surface area (Å²) in [6, 6.07) is 0. The van der Waals surface area contributed by atoms with E-state index in [2.05, 4.69) is 6.92 Å². The summed E-state index contributed by atoms with van der Waals surface area (Å²) in [4.78, 5) is 11.3. The maximum Gasteiger partial charge on any atom is 0.325 e. The minimum Gasteiger partial charge on any atom is -0.468 e. The molecule has 1 aliphatic rings. The third-order valence-corrected chi connectivity index (χ3v) is 3.17. The van der Waals surface area contributed by atoms with Crippen LogP contribution < -0.4 is 5.73 Å². The summed E-state index contributed by atoms with van der Waals surface area (Å²) in [5.74, 6) is 0.503. The van der Waals surface area contributed by atoms with Crippen LogP contribution in [0.5, 0.6) is 0 Å². The maximum atomic E-state index is 11.3. The largest absolute Gasteiger partial charge is 0.468 e. The van der Waals surface area contributed by atoms with Gasteiger partial charge < -0.3 is 10.5 Å². The lowest BCUT2D eigenvalue weighted by Crippen LogP contribution is -2.51. The fourth-order valence-corrected chi connectivity index (χ4v) is 2.01. The lowest BCUT2D eigenvalue weighted by molar-refractivity contribution is -0.148. The van der Waals surface area contributed by atoms with E-state index in [9.17, 15) is 4.79 Å². The highest BCUT2D eigenvalue weighted by atomic mass is 35.5. The molecule has 0 aromatic heterocycles. The van der Waals surface area contributed by atoms with Gasteiger partial charge in [-0.15, -0.1) is 12.4 Å². The SMILES string of the molecule is CCC1CCC(N)(C(=O)OC)CC1.Cl. The number of hydrogen-bond acceptors (Lipinski definition) is 3.